The van der Waals surface area contributed by atoms with Crippen molar-refractivity contribution in [3.05, 3.63) is 35.4 Å². The van der Waals surface area contributed by atoms with Gasteiger partial charge >= 0.3 is 0 Å². The third kappa shape index (κ3) is 4.33. The third-order valence-corrected chi connectivity index (χ3v) is 3.76. The Labute approximate surface area is 114 Å². The number of carbonyl (C=O) groups excluding carboxylic acids is 1. The van der Waals surface area contributed by atoms with Crippen molar-refractivity contribution in [3.8, 4) is 0 Å². The maximum Gasteiger partial charge on any atom is 0.248 e. The summed E-state index contributed by atoms with van der Waals surface area (Å²) in [5, 5.41) is 13.0. The number of nitrogens with two attached hydrogens (primary N) is 1. The van der Waals surface area contributed by atoms with Crippen molar-refractivity contribution in [2.45, 2.75) is 38.3 Å². The molecule has 4 N–H and O–H groups in total. The van der Waals surface area contributed by atoms with Gasteiger partial charge < -0.3 is 16.2 Å². The second-order valence-corrected chi connectivity index (χ2v) is 5.38. The van der Waals surface area contributed by atoms with E-state index in [1.807, 2.05) is 12.1 Å². The molecule has 4 nitrogen and oxygen atoms in total. The van der Waals surface area contributed by atoms with Crippen LogP contribution in [0.5, 0.6) is 0 Å². The fraction of sp³-hybridized carbons (Fsp3) is 0.533. The highest BCUT2D eigenvalue weighted by Crippen LogP contribution is 2.23. The summed E-state index contributed by atoms with van der Waals surface area (Å²) in [6.45, 7) is 1.72. The van der Waals surface area contributed by atoms with Gasteiger partial charge in [-0.1, -0.05) is 18.6 Å². The lowest BCUT2D eigenvalue weighted by molar-refractivity contribution is 0.0998. The van der Waals surface area contributed by atoms with Crippen LogP contribution in [0.15, 0.2) is 24.3 Å². The minimum absolute atomic E-state index is 0.115. The lowest BCUT2D eigenvalue weighted by atomic mass is 9.87. The number of hydrogen-bond donors (Lipinski definition) is 3. The third-order valence-electron chi connectivity index (χ3n) is 3.76. The predicted molar refractivity (Wildman–Crippen MR) is 74.6 cm³/mol. The van der Waals surface area contributed by atoms with Crippen molar-refractivity contribution in [1.29, 1.82) is 0 Å². The highest BCUT2D eigenvalue weighted by molar-refractivity contribution is 5.92. The van der Waals surface area contributed by atoms with Gasteiger partial charge in [-0.3, -0.25) is 4.79 Å². The summed E-state index contributed by atoms with van der Waals surface area (Å²) < 4.78 is 0. The quantitative estimate of drug-likeness (QED) is 0.751. The largest absolute Gasteiger partial charge is 0.393 e. The molecule has 4 heteroatoms. The Bertz CT molecular complexity index is 417. The molecule has 2 atom stereocenters. The lowest BCUT2D eigenvalue weighted by Crippen LogP contribution is -2.28. The number of hydrogen-bond acceptors (Lipinski definition) is 3. The van der Waals surface area contributed by atoms with Gasteiger partial charge in [0, 0.05) is 12.1 Å². The van der Waals surface area contributed by atoms with Crippen LogP contribution < -0.4 is 11.1 Å². The van der Waals surface area contributed by atoms with Gasteiger partial charge in [-0.15, -0.1) is 0 Å². The van der Waals surface area contributed by atoms with Gasteiger partial charge in [0.2, 0.25) is 5.91 Å². The Morgan fingerprint density at radius 2 is 2.05 bits per heavy atom. The summed E-state index contributed by atoms with van der Waals surface area (Å²) in [4.78, 5) is 10.9. The molecule has 1 amide bonds. The van der Waals surface area contributed by atoms with Crippen LogP contribution in [0.1, 0.15) is 41.6 Å². The Morgan fingerprint density at radius 3 is 2.68 bits per heavy atom. The number of rotatable bonds is 5. The fourth-order valence-electron chi connectivity index (χ4n) is 2.66. The van der Waals surface area contributed by atoms with Crippen LogP contribution in [-0.4, -0.2) is 23.7 Å². The summed E-state index contributed by atoms with van der Waals surface area (Å²) in [5.41, 5.74) is 6.88. The zero-order chi connectivity index (χ0) is 13.7. The molecule has 19 heavy (non-hydrogen) atoms. The van der Waals surface area contributed by atoms with E-state index in [0.29, 0.717) is 11.5 Å². The lowest BCUT2D eigenvalue weighted by Gasteiger charge is -2.26. The molecular weight excluding hydrogens is 240 g/mol. The molecule has 0 bridgehead atoms. The van der Waals surface area contributed by atoms with Gasteiger partial charge in [-0.25, -0.2) is 0 Å². The minimum atomic E-state index is -0.393. The van der Waals surface area contributed by atoms with Crippen LogP contribution in [0.3, 0.4) is 0 Å². The first-order valence-electron chi connectivity index (χ1n) is 6.92. The van der Waals surface area contributed by atoms with Crippen molar-refractivity contribution in [1.82, 2.24) is 5.32 Å². The number of amides is 1. The molecular formula is C15H22N2O2. The zero-order valence-corrected chi connectivity index (χ0v) is 11.1. The molecule has 0 radical (unpaired) electrons. The molecule has 0 aromatic heterocycles. The molecule has 1 aromatic carbocycles. The van der Waals surface area contributed by atoms with E-state index in [4.69, 9.17) is 5.73 Å². The molecule has 2 rings (SSSR count). The van der Waals surface area contributed by atoms with Crippen LogP contribution in [0, 0.1) is 5.92 Å². The predicted octanol–water partition coefficient (Wildman–Crippen LogP) is 1.43. The van der Waals surface area contributed by atoms with E-state index < -0.39 is 5.91 Å². The average molecular weight is 262 g/mol. The SMILES string of the molecule is NC(=O)c1ccc(CNCC2CCCC(O)C2)cc1. The topological polar surface area (TPSA) is 75.4 Å². The molecule has 2 unspecified atom stereocenters. The van der Waals surface area contributed by atoms with Gasteiger partial charge in [0.15, 0.2) is 0 Å². The maximum atomic E-state index is 10.9. The maximum absolute atomic E-state index is 10.9. The van der Waals surface area contributed by atoms with Gasteiger partial charge in [-0.2, -0.15) is 0 Å². The smallest absolute Gasteiger partial charge is 0.248 e. The Kier molecular flexibility index (Phi) is 4.93. The molecule has 0 spiro atoms. The van der Waals surface area contributed by atoms with Crippen LogP contribution in [0.4, 0.5) is 0 Å². The van der Waals surface area contributed by atoms with Gasteiger partial charge in [0.05, 0.1) is 6.10 Å². The molecule has 0 heterocycles. The Hall–Kier alpha value is -1.39. The van der Waals surface area contributed by atoms with Gasteiger partial charge in [0.1, 0.15) is 0 Å². The number of primary amides is 1. The van der Waals surface area contributed by atoms with Crippen LogP contribution in [-0.2, 0) is 6.54 Å². The fourth-order valence-corrected chi connectivity index (χ4v) is 2.66. The second kappa shape index (κ2) is 6.68. The Balaban J connectivity index is 1.74. The van der Waals surface area contributed by atoms with Crippen molar-refractivity contribution in [3.63, 3.8) is 0 Å². The number of nitrogens with one attached hydrogen (secondary N) is 1. The molecule has 0 saturated heterocycles. The first kappa shape index (κ1) is 14.0. The molecule has 0 aliphatic heterocycles. The van der Waals surface area contributed by atoms with Crippen LogP contribution >= 0.6 is 0 Å². The monoisotopic (exact) mass is 262 g/mol. The molecule has 1 fully saturated rings. The summed E-state index contributed by atoms with van der Waals surface area (Å²) in [6.07, 6.45) is 4.07. The number of carbonyl (C=O) groups is 1. The number of benzene rings is 1. The van der Waals surface area contributed by atoms with Crippen molar-refractivity contribution < 1.29 is 9.90 Å². The van der Waals surface area contributed by atoms with E-state index in [2.05, 4.69) is 5.32 Å². The van der Waals surface area contributed by atoms with Crippen molar-refractivity contribution in [2.24, 2.45) is 11.7 Å². The highest BCUT2D eigenvalue weighted by atomic mass is 16.3. The average Bonchev–Trinajstić information content (AvgIpc) is 2.39. The standard InChI is InChI=1S/C15H22N2O2/c16-15(19)13-6-4-11(5-7-13)9-17-10-12-2-1-3-14(18)8-12/h4-7,12,14,17-18H,1-3,8-10H2,(H2,16,19). The highest BCUT2D eigenvalue weighted by Gasteiger charge is 2.19. The Morgan fingerprint density at radius 1 is 1.32 bits per heavy atom. The van der Waals surface area contributed by atoms with Gasteiger partial charge in [-0.05, 0) is 49.4 Å². The van der Waals surface area contributed by atoms with E-state index in [0.717, 1.165) is 37.9 Å². The zero-order valence-electron chi connectivity index (χ0n) is 11.1. The first-order chi connectivity index (χ1) is 9.15. The molecule has 1 aliphatic rings. The van der Waals surface area contributed by atoms with E-state index in [-0.39, 0.29) is 6.10 Å². The molecule has 1 aromatic rings. The summed E-state index contributed by atoms with van der Waals surface area (Å²) >= 11 is 0. The van der Waals surface area contributed by atoms with E-state index >= 15 is 0 Å². The van der Waals surface area contributed by atoms with Gasteiger partial charge in [0.25, 0.3) is 0 Å². The second-order valence-electron chi connectivity index (χ2n) is 5.38. The molecule has 104 valence electrons. The van der Waals surface area contributed by atoms with E-state index in [1.54, 1.807) is 12.1 Å². The summed E-state index contributed by atoms with van der Waals surface area (Å²) in [6, 6.07) is 7.35. The number of aliphatic hydroxyl groups is 1. The summed E-state index contributed by atoms with van der Waals surface area (Å²) in [7, 11) is 0. The molecule has 1 aliphatic carbocycles. The normalized spacial score (nSPS) is 23.2. The van der Waals surface area contributed by atoms with Crippen molar-refractivity contribution in [2.75, 3.05) is 6.54 Å². The molecule has 1 saturated carbocycles. The van der Waals surface area contributed by atoms with Crippen molar-refractivity contribution >= 4 is 5.91 Å². The minimum Gasteiger partial charge on any atom is -0.393 e. The van der Waals surface area contributed by atoms with Crippen LogP contribution in [0.25, 0.3) is 0 Å². The first-order valence-corrected chi connectivity index (χ1v) is 6.92. The summed E-state index contributed by atoms with van der Waals surface area (Å²) in [5.74, 6) is 0.185. The van der Waals surface area contributed by atoms with Crippen LogP contribution in [0.2, 0.25) is 0 Å². The number of aliphatic hydroxyl groups excluding tert-OH is 1. The van der Waals surface area contributed by atoms with E-state index in [9.17, 15) is 9.90 Å². The van der Waals surface area contributed by atoms with E-state index in [1.165, 1.54) is 6.42 Å².